The molecule has 10 heteroatoms. The molecule has 1 aromatic heterocycles. The van der Waals surface area contributed by atoms with Crippen LogP contribution >= 0.6 is 11.3 Å². The van der Waals surface area contributed by atoms with E-state index in [0.717, 1.165) is 11.3 Å². The normalized spacial score (nSPS) is 11.3. The van der Waals surface area contributed by atoms with Gasteiger partial charge in [0.2, 0.25) is 0 Å². The number of rotatable bonds is 4. The number of ether oxygens (including phenoxy) is 1. The Hall–Kier alpha value is -2.19. The fourth-order valence-electron chi connectivity index (χ4n) is 1.68. The smallest absolute Gasteiger partial charge is 0.406 e. The van der Waals surface area contributed by atoms with E-state index in [-0.39, 0.29) is 17.1 Å². The molecule has 106 valence electrons. The van der Waals surface area contributed by atoms with Crippen LogP contribution in [-0.2, 0) is 6.54 Å². The van der Waals surface area contributed by atoms with E-state index in [0.29, 0.717) is 16.8 Å². The van der Waals surface area contributed by atoms with Gasteiger partial charge in [-0.3, -0.25) is 5.41 Å². The van der Waals surface area contributed by atoms with Crippen LogP contribution in [-0.4, -0.2) is 17.5 Å². The third-order valence-electron chi connectivity index (χ3n) is 2.39. The Morgan fingerprint density at radius 3 is 2.85 bits per heavy atom. The largest absolute Gasteiger partial charge is 0.573 e. The first-order valence-electron chi connectivity index (χ1n) is 5.35. The second-order valence-electron chi connectivity index (χ2n) is 3.69. The molecule has 0 fully saturated rings. The Balaban J connectivity index is 2.36. The van der Waals surface area contributed by atoms with E-state index in [1.54, 1.807) is 4.57 Å². The molecule has 6 nitrogen and oxygen atoms in total. The fraction of sp³-hybridized carbons (Fsp3) is 0.300. The molecule has 2 aromatic rings. The lowest BCUT2D eigenvalue weighted by atomic mass is 10.3. The predicted octanol–water partition coefficient (Wildman–Crippen LogP) is 3.39. The van der Waals surface area contributed by atoms with Crippen LogP contribution in [0, 0.1) is 5.41 Å². The minimum absolute atomic E-state index is 0.164. The molecule has 1 heterocycles. The zero-order valence-electron chi connectivity index (χ0n) is 9.89. The van der Waals surface area contributed by atoms with Crippen molar-refractivity contribution in [1.82, 2.24) is 4.57 Å². The summed E-state index contributed by atoms with van der Waals surface area (Å²) in [4.78, 5) is 2.77. The Bertz CT molecular complexity index is 729. The first-order valence-corrected chi connectivity index (χ1v) is 6.17. The number of azide groups is 1. The van der Waals surface area contributed by atoms with Gasteiger partial charge in [-0.1, -0.05) is 16.5 Å². The molecular formula is C10H8F3N5OS. The van der Waals surface area contributed by atoms with Gasteiger partial charge in [0.25, 0.3) is 0 Å². The summed E-state index contributed by atoms with van der Waals surface area (Å²) in [5.74, 6) is -0.326. The lowest BCUT2D eigenvalue weighted by Crippen LogP contribution is -2.17. The van der Waals surface area contributed by atoms with Crippen LogP contribution in [0.15, 0.2) is 23.3 Å². The Kier molecular flexibility index (Phi) is 3.86. The standard InChI is InChI=1S/C10H8F3N5OS/c11-10(12,13)19-6-1-2-7-8(5-6)20-9(14)18(7)4-3-16-17-15/h1-2,5,14H,3-4H2. The summed E-state index contributed by atoms with van der Waals surface area (Å²) >= 11 is 1.02. The van der Waals surface area contributed by atoms with E-state index in [1.807, 2.05) is 0 Å². The van der Waals surface area contributed by atoms with Gasteiger partial charge in [-0.05, 0) is 23.7 Å². The SMILES string of the molecule is [N-]=[N+]=NCCn1c(=N)sc2cc(OC(F)(F)F)ccc21. The van der Waals surface area contributed by atoms with Gasteiger partial charge in [0.1, 0.15) is 5.75 Å². The van der Waals surface area contributed by atoms with Crippen molar-refractivity contribution < 1.29 is 17.9 Å². The summed E-state index contributed by atoms with van der Waals surface area (Å²) in [6, 6.07) is 3.86. The molecule has 0 bridgehead atoms. The van der Waals surface area contributed by atoms with Crippen molar-refractivity contribution >= 4 is 21.6 Å². The maximum atomic E-state index is 12.1. The average molecular weight is 303 g/mol. The van der Waals surface area contributed by atoms with Crippen LogP contribution in [0.5, 0.6) is 5.75 Å². The van der Waals surface area contributed by atoms with Crippen LogP contribution in [0.3, 0.4) is 0 Å². The maximum Gasteiger partial charge on any atom is 0.573 e. The highest BCUT2D eigenvalue weighted by atomic mass is 32.1. The van der Waals surface area contributed by atoms with Crippen molar-refractivity contribution in [3.8, 4) is 5.75 Å². The maximum absolute atomic E-state index is 12.1. The van der Waals surface area contributed by atoms with E-state index in [4.69, 9.17) is 10.9 Å². The third kappa shape index (κ3) is 3.22. The summed E-state index contributed by atoms with van der Waals surface area (Å²) in [5.41, 5.74) is 8.80. The molecule has 0 atom stereocenters. The molecule has 20 heavy (non-hydrogen) atoms. The van der Waals surface area contributed by atoms with Gasteiger partial charge < -0.3 is 9.30 Å². The molecule has 0 saturated carbocycles. The molecule has 0 aliphatic heterocycles. The summed E-state index contributed by atoms with van der Waals surface area (Å²) in [6.45, 7) is 0.460. The van der Waals surface area contributed by atoms with E-state index in [1.165, 1.54) is 18.2 Å². The van der Waals surface area contributed by atoms with E-state index in [2.05, 4.69) is 14.8 Å². The van der Waals surface area contributed by atoms with Gasteiger partial charge in [0.05, 0.1) is 10.2 Å². The fourth-order valence-corrected chi connectivity index (χ4v) is 2.64. The summed E-state index contributed by atoms with van der Waals surface area (Å²) < 4.78 is 42.3. The van der Waals surface area contributed by atoms with Gasteiger partial charge in [-0.15, -0.1) is 13.2 Å². The highest BCUT2D eigenvalue weighted by molar-refractivity contribution is 7.16. The monoisotopic (exact) mass is 303 g/mol. The molecule has 0 aliphatic rings. The summed E-state index contributed by atoms with van der Waals surface area (Å²) in [5, 5.41) is 11.1. The van der Waals surface area contributed by atoms with Crippen molar-refractivity contribution in [3.05, 3.63) is 33.4 Å². The number of hydrogen-bond acceptors (Lipinski definition) is 4. The summed E-state index contributed by atoms with van der Waals surface area (Å²) in [6.07, 6.45) is -4.74. The third-order valence-corrected chi connectivity index (χ3v) is 3.35. The topological polar surface area (TPSA) is 86.8 Å². The minimum atomic E-state index is -4.74. The van der Waals surface area contributed by atoms with Gasteiger partial charge in [0, 0.05) is 18.0 Å². The molecule has 2 rings (SSSR count). The number of nitrogens with one attached hydrogen (secondary N) is 1. The van der Waals surface area contributed by atoms with Crippen LogP contribution in [0.2, 0.25) is 0 Å². The average Bonchev–Trinajstić information content (AvgIpc) is 2.63. The predicted molar refractivity (Wildman–Crippen MR) is 66.4 cm³/mol. The number of aromatic nitrogens is 1. The van der Waals surface area contributed by atoms with Crippen LogP contribution in [0.1, 0.15) is 0 Å². The number of fused-ring (bicyclic) bond motifs is 1. The number of halogens is 3. The highest BCUT2D eigenvalue weighted by Gasteiger charge is 2.31. The van der Waals surface area contributed by atoms with Crippen LogP contribution < -0.4 is 9.54 Å². The minimum Gasteiger partial charge on any atom is -0.406 e. The van der Waals surface area contributed by atoms with E-state index >= 15 is 0 Å². The number of hydrogen-bond donors (Lipinski definition) is 1. The molecule has 0 spiro atoms. The van der Waals surface area contributed by atoms with Crippen molar-refractivity contribution in [1.29, 1.82) is 5.41 Å². The van der Waals surface area contributed by atoms with Gasteiger partial charge in [0.15, 0.2) is 4.80 Å². The van der Waals surface area contributed by atoms with Crippen LogP contribution in [0.4, 0.5) is 13.2 Å². The number of nitrogens with zero attached hydrogens (tertiary/aromatic N) is 4. The van der Waals surface area contributed by atoms with Crippen molar-refractivity contribution in [2.45, 2.75) is 12.9 Å². The van der Waals surface area contributed by atoms with Crippen molar-refractivity contribution in [3.63, 3.8) is 0 Å². The quantitative estimate of drug-likeness (QED) is 0.524. The van der Waals surface area contributed by atoms with Crippen molar-refractivity contribution in [2.75, 3.05) is 6.54 Å². The molecular weight excluding hydrogens is 295 g/mol. The molecule has 1 N–H and O–H groups in total. The van der Waals surface area contributed by atoms with Gasteiger partial charge in [-0.25, -0.2) is 0 Å². The lowest BCUT2D eigenvalue weighted by molar-refractivity contribution is -0.274. The molecule has 0 unspecified atom stereocenters. The molecule has 0 aliphatic carbocycles. The van der Waals surface area contributed by atoms with Crippen molar-refractivity contribution in [2.24, 2.45) is 5.11 Å². The van der Waals surface area contributed by atoms with Gasteiger partial charge >= 0.3 is 6.36 Å². The Morgan fingerprint density at radius 1 is 1.45 bits per heavy atom. The Morgan fingerprint density at radius 2 is 2.20 bits per heavy atom. The Labute approximate surface area is 114 Å². The second kappa shape index (κ2) is 5.43. The summed E-state index contributed by atoms with van der Waals surface area (Å²) in [7, 11) is 0. The number of thiazole rings is 1. The number of benzene rings is 1. The lowest BCUT2D eigenvalue weighted by Gasteiger charge is -2.08. The zero-order valence-corrected chi connectivity index (χ0v) is 10.7. The molecule has 0 radical (unpaired) electrons. The molecule has 1 aromatic carbocycles. The molecule has 0 saturated heterocycles. The van der Waals surface area contributed by atoms with E-state index in [9.17, 15) is 13.2 Å². The molecule has 0 amide bonds. The first-order chi connectivity index (χ1) is 9.40. The van der Waals surface area contributed by atoms with Crippen LogP contribution in [0.25, 0.3) is 20.7 Å². The zero-order chi connectivity index (χ0) is 14.8. The van der Waals surface area contributed by atoms with E-state index < -0.39 is 6.36 Å². The first kappa shape index (κ1) is 14.2. The second-order valence-corrected chi connectivity index (χ2v) is 4.72. The van der Waals surface area contributed by atoms with Gasteiger partial charge in [-0.2, -0.15) is 0 Å². The number of alkyl halides is 3. The highest BCUT2D eigenvalue weighted by Crippen LogP contribution is 2.27.